The molecule has 0 spiro atoms. The van der Waals surface area contributed by atoms with Crippen molar-refractivity contribution >= 4 is 40.7 Å². The predicted octanol–water partition coefficient (Wildman–Crippen LogP) is 3.12. The normalized spacial score (nSPS) is 10.4. The number of rotatable bonds is 2. The van der Waals surface area contributed by atoms with Gasteiger partial charge in [0.2, 0.25) is 5.95 Å². The number of aryl methyl sites for hydroxylation is 1. The first-order chi connectivity index (χ1) is 8.45. The number of hydrogen-bond acceptors (Lipinski definition) is 5. The zero-order chi connectivity index (χ0) is 13.3. The minimum Gasteiger partial charge on any atom is -0.504 e. The van der Waals surface area contributed by atoms with Gasteiger partial charge in [-0.2, -0.15) is 4.98 Å². The molecule has 0 aliphatic carbocycles. The molecule has 1 heterocycles. The zero-order valence-corrected chi connectivity index (χ0v) is 10.9. The lowest BCUT2D eigenvalue weighted by molar-refractivity contribution is 0.478. The predicted molar refractivity (Wildman–Crippen MR) is 72.6 cm³/mol. The van der Waals surface area contributed by atoms with Crippen molar-refractivity contribution in [3.63, 3.8) is 0 Å². The van der Waals surface area contributed by atoms with E-state index in [2.05, 4.69) is 15.3 Å². The fraction of sp³-hybridized carbons (Fsp3) is 0.0909. The topological polar surface area (TPSA) is 84.1 Å². The number of anilines is 3. The van der Waals surface area contributed by atoms with Crippen molar-refractivity contribution in [1.82, 2.24) is 9.97 Å². The molecule has 0 saturated carbocycles. The molecule has 2 rings (SSSR count). The van der Waals surface area contributed by atoms with Crippen LogP contribution in [0.5, 0.6) is 5.75 Å². The monoisotopic (exact) mass is 284 g/mol. The number of aromatic nitrogens is 2. The average molecular weight is 285 g/mol. The van der Waals surface area contributed by atoms with Crippen molar-refractivity contribution in [2.24, 2.45) is 0 Å². The third-order valence-corrected chi connectivity index (χ3v) is 2.67. The highest BCUT2D eigenvalue weighted by Crippen LogP contribution is 2.36. The van der Waals surface area contributed by atoms with E-state index in [9.17, 15) is 5.11 Å². The number of nitrogens with zero attached hydrogens (tertiary/aromatic N) is 2. The first-order valence-electron chi connectivity index (χ1n) is 5.02. The molecule has 2 aromatic rings. The summed E-state index contributed by atoms with van der Waals surface area (Å²) in [6.45, 7) is 1.79. The molecule has 0 bridgehead atoms. The molecule has 0 saturated heterocycles. The molecule has 0 fully saturated rings. The summed E-state index contributed by atoms with van der Waals surface area (Å²) in [5, 5.41) is 13.2. The van der Waals surface area contributed by atoms with Gasteiger partial charge < -0.3 is 16.2 Å². The molecule has 1 aromatic carbocycles. The Hall–Kier alpha value is -1.72. The molecule has 0 aliphatic heterocycles. The lowest BCUT2D eigenvalue weighted by Crippen LogP contribution is -2.01. The minimum absolute atomic E-state index is 0.101. The molecule has 7 heteroatoms. The molecule has 18 heavy (non-hydrogen) atoms. The second-order valence-electron chi connectivity index (χ2n) is 3.66. The standard InChI is InChI=1S/C11H10Cl2N4O/c1-5-2-9(17-11(14)15-5)16-8-4-6(12)3-7(13)10(8)18/h2-4,18H,1H3,(H3,14,15,16,17). The fourth-order valence-corrected chi connectivity index (χ4v) is 1.95. The highest BCUT2D eigenvalue weighted by molar-refractivity contribution is 6.36. The van der Waals surface area contributed by atoms with Crippen LogP contribution in [0.1, 0.15) is 5.69 Å². The summed E-state index contributed by atoms with van der Waals surface area (Å²) < 4.78 is 0. The molecule has 5 nitrogen and oxygen atoms in total. The van der Waals surface area contributed by atoms with Crippen LogP contribution in [-0.4, -0.2) is 15.1 Å². The van der Waals surface area contributed by atoms with E-state index in [1.54, 1.807) is 13.0 Å². The maximum atomic E-state index is 9.79. The summed E-state index contributed by atoms with van der Waals surface area (Å²) in [7, 11) is 0. The third-order valence-electron chi connectivity index (χ3n) is 2.16. The Morgan fingerprint density at radius 2 is 1.94 bits per heavy atom. The molecule has 0 amide bonds. The van der Waals surface area contributed by atoms with Crippen molar-refractivity contribution in [2.75, 3.05) is 11.1 Å². The van der Waals surface area contributed by atoms with Gasteiger partial charge in [0.25, 0.3) is 0 Å². The van der Waals surface area contributed by atoms with Crippen LogP contribution < -0.4 is 11.1 Å². The molecule has 0 atom stereocenters. The summed E-state index contributed by atoms with van der Waals surface area (Å²) in [5.74, 6) is 0.495. The smallest absolute Gasteiger partial charge is 0.222 e. The summed E-state index contributed by atoms with van der Waals surface area (Å²) in [4.78, 5) is 7.93. The number of nitrogen functional groups attached to an aromatic ring is 1. The first kappa shape index (κ1) is 12.7. The van der Waals surface area contributed by atoms with Crippen molar-refractivity contribution in [2.45, 2.75) is 6.92 Å². The van der Waals surface area contributed by atoms with E-state index in [1.165, 1.54) is 12.1 Å². The molecule has 0 unspecified atom stereocenters. The van der Waals surface area contributed by atoms with Crippen LogP contribution >= 0.6 is 23.2 Å². The third kappa shape index (κ3) is 2.75. The van der Waals surface area contributed by atoms with Crippen molar-refractivity contribution < 1.29 is 5.11 Å². The van der Waals surface area contributed by atoms with E-state index in [1.807, 2.05) is 0 Å². The molecular formula is C11H10Cl2N4O. The molecule has 1 aromatic heterocycles. The van der Waals surface area contributed by atoms with Gasteiger partial charge in [0, 0.05) is 16.8 Å². The number of halogens is 2. The number of hydrogen-bond donors (Lipinski definition) is 3. The zero-order valence-electron chi connectivity index (χ0n) is 9.41. The average Bonchev–Trinajstić information content (AvgIpc) is 2.23. The molecule has 94 valence electrons. The largest absolute Gasteiger partial charge is 0.504 e. The highest BCUT2D eigenvalue weighted by atomic mass is 35.5. The molecular weight excluding hydrogens is 275 g/mol. The van der Waals surface area contributed by atoms with E-state index in [0.717, 1.165) is 0 Å². The van der Waals surface area contributed by atoms with Crippen molar-refractivity contribution in [1.29, 1.82) is 0 Å². The highest BCUT2D eigenvalue weighted by Gasteiger charge is 2.09. The lowest BCUT2D eigenvalue weighted by Gasteiger charge is -2.10. The van der Waals surface area contributed by atoms with E-state index in [0.29, 0.717) is 22.2 Å². The minimum atomic E-state index is -0.101. The Morgan fingerprint density at radius 3 is 2.61 bits per heavy atom. The summed E-state index contributed by atoms with van der Waals surface area (Å²) in [6.07, 6.45) is 0. The summed E-state index contributed by atoms with van der Waals surface area (Å²) >= 11 is 11.7. The number of phenols is 1. The molecule has 4 N–H and O–H groups in total. The van der Waals surface area contributed by atoms with Gasteiger partial charge in [0.05, 0.1) is 10.7 Å². The Bertz CT molecular complexity index is 584. The van der Waals surface area contributed by atoms with Gasteiger partial charge in [-0.3, -0.25) is 0 Å². The van der Waals surface area contributed by atoms with Crippen LogP contribution in [-0.2, 0) is 0 Å². The Labute approximate surface area is 114 Å². The van der Waals surface area contributed by atoms with Gasteiger partial charge >= 0.3 is 0 Å². The number of phenolic OH excluding ortho intramolecular Hbond substituents is 1. The SMILES string of the molecule is Cc1cc(Nc2cc(Cl)cc(Cl)c2O)nc(N)n1. The number of nitrogens with one attached hydrogen (secondary N) is 1. The van der Waals surface area contributed by atoms with Crippen molar-refractivity contribution in [3.05, 3.63) is 33.9 Å². The van der Waals surface area contributed by atoms with Crippen LogP contribution in [0.4, 0.5) is 17.5 Å². The first-order valence-corrected chi connectivity index (χ1v) is 5.77. The van der Waals surface area contributed by atoms with Crippen molar-refractivity contribution in [3.8, 4) is 5.75 Å². The van der Waals surface area contributed by atoms with Crippen LogP contribution in [0, 0.1) is 6.92 Å². The van der Waals surface area contributed by atoms with Gasteiger partial charge in [-0.25, -0.2) is 4.98 Å². The molecule has 0 radical (unpaired) electrons. The van der Waals surface area contributed by atoms with Gasteiger partial charge in [-0.15, -0.1) is 0 Å². The van der Waals surface area contributed by atoms with Gasteiger partial charge in [0.1, 0.15) is 5.82 Å². The Kier molecular flexibility index (Phi) is 3.45. The summed E-state index contributed by atoms with van der Waals surface area (Å²) in [5.41, 5.74) is 6.59. The second-order valence-corrected chi connectivity index (χ2v) is 4.51. The maximum absolute atomic E-state index is 9.79. The number of benzene rings is 1. The van der Waals surface area contributed by atoms with E-state index < -0.39 is 0 Å². The van der Waals surface area contributed by atoms with Crippen LogP contribution in [0.15, 0.2) is 18.2 Å². The summed E-state index contributed by atoms with van der Waals surface area (Å²) in [6, 6.07) is 4.67. The second kappa shape index (κ2) is 4.88. The number of nitrogens with two attached hydrogens (primary N) is 1. The lowest BCUT2D eigenvalue weighted by atomic mass is 10.3. The van der Waals surface area contributed by atoms with E-state index in [-0.39, 0.29) is 16.7 Å². The van der Waals surface area contributed by atoms with Crippen LogP contribution in [0.25, 0.3) is 0 Å². The maximum Gasteiger partial charge on any atom is 0.222 e. The number of aromatic hydroxyl groups is 1. The Morgan fingerprint density at radius 1 is 1.22 bits per heavy atom. The van der Waals surface area contributed by atoms with Crippen LogP contribution in [0.3, 0.4) is 0 Å². The van der Waals surface area contributed by atoms with Crippen LogP contribution in [0.2, 0.25) is 10.0 Å². The quantitative estimate of drug-likeness (QED) is 0.738. The fourth-order valence-electron chi connectivity index (χ4n) is 1.45. The van der Waals surface area contributed by atoms with Gasteiger partial charge in [0.15, 0.2) is 5.75 Å². The van der Waals surface area contributed by atoms with Gasteiger partial charge in [-0.05, 0) is 19.1 Å². The van der Waals surface area contributed by atoms with E-state index in [4.69, 9.17) is 28.9 Å². The molecule has 0 aliphatic rings. The van der Waals surface area contributed by atoms with E-state index >= 15 is 0 Å². The Balaban J connectivity index is 2.39. The van der Waals surface area contributed by atoms with Gasteiger partial charge in [-0.1, -0.05) is 23.2 Å².